The van der Waals surface area contributed by atoms with Gasteiger partial charge in [-0.25, -0.2) is 18.6 Å². The summed E-state index contributed by atoms with van der Waals surface area (Å²) in [7, 11) is 0. The number of rotatable bonds is 4. The molecule has 2 aliphatic rings. The topological polar surface area (TPSA) is 109 Å². The van der Waals surface area contributed by atoms with E-state index < -0.39 is 11.8 Å². The first-order valence-corrected chi connectivity index (χ1v) is 12.1. The number of carbonyl (C=O) groups excluding carboxylic acids is 1. The first kappa shape index (κ1) is 23.8. The zero-order valence-corrected chi connectivity index (χ0v) is 20.4. The number of benzene rings is 2. The number of piperidine rings is 1. The van der Waals surface area contributed by atoms with Gasteiger partial charge in [-0.15, -0.1) is 0 Å². The molecule has 9 nitrogen and oxygen atoms in total. The van der Waals surface area contributed by atoms with Crippen LogP contribution in [0.1, 0.15) is 44.7 Å². The third-order valence-corrected chi connectivity index (χ3v) is 7.46. The molecule has 1 spiro atoms. The molecule has 0 unspecified atom stereocenters. The second kappa shape index (κ2) is 8.79. The minimum Gasteiger partial charge on any atom is -0.492 e. The van der Waals surface area contributed by atoms with Crippen LogP contribution in [-0.2, 0) is 5.41 Å². The fraction of sp³-hybridized carbons (Fsp3) is 0.259. The van der Waals surface area contributed by atoms with Gasteiger partial charge < -0.3 is 20.1 Å². The van der Waals surface area contributed by atoms with Crippen LogP contribution in [0.15, 0.2) is 48.8 Å². The van der Waals surface area contributed by atoms with Gasteiger partial charge in [0.2, 0.25) is 0 Å². The van der Waals surface area contributed by atoms with E-state index in [-0.39, 0.29) is 39.7 Å². The van der Waals surface area contributed by atoms with Crippen molar-refractivity contribution in [1.29, 1.82) is 0 Å². The normalized spacial score (nSPS) is 15.9. The number of anilines is 2. The van der Waals surface area contributed by atoms with Gasteiger partial charge in [0.05, 0.1) is 12.8 Å². The van der Waals surface area contributed by atoms with Crippen molar-refractivity contribution in [2.75, 3.05) is 25.0 Å². The number of aromatic carboxylic acids is 1. The highest BCUT2D eigenvalue weighted by Gasteiger charge is 2.44. The van der Waals surface area contributed by atoms with Crippen LogP contribution in [0.2, 0.25) is 0 Å². The van der Waals surface area contributed by atoms with Crippen LogP contribution in [0.5, 0.6) is 5.75 Å². The SMILES string of the molecule is Cc1cc(F)ccc1Nc1c(C(=O)N2CCC3(CC2)COc2cc(F)ccc23)cnc2c(C(=O)O)cnn12. The van der Waals surface area contributed by atoms with Gasteiger partial charge in [-0.1, -0.05) is 6.07 Å². The Bertz CT molecular complexity index is 1610. The number of aryl methyl sites for hydroxylation is 1. The molecule has 4 heterocycles. The number of hydrogen-bond donors (Lipinski definition) is 2. The van der Waals surface area contributed by atoms with Crippen LogP contribution in [0.3, 0.4) is 0 Å². The standard InChI is InChI=1S/C27H23F2N5O4/c1-15-10-16(28)3-5-21(15)32-24-18(12-30-23-19(26(36)37)13-31-34(23)24)25(35)33-8-6-27(7-9-33)14-38-22-11-17(29)2-4-20(22)27/h2-5,10-13,32H,6-9,14H2,1H3,(H,36,37). The minimum absolute atomic E-state index is 0.0702. The summed E-state index contributed by atoms with van der Waals surface area (Å²) in [5.74, 6) is -1.48. The van der Waals surface area contributed by atoms with Gasteiger partial charge in [0.15, 0.2) is 5.65 Å². The summed E-state index contributed by atoms with van der Waals surface area (Å²) in [4.78, 5) is 31.4. The van der Waals surface area contributed by atoms with E-state index in [9.17, 15) is 23.5 Å². The number of amides is 1. The summed E-state index contributed by atoms with van der Waals surface area (Å²) in [6, 6.07) is 8.77. The van der Waals surface area contributed by atoms with Gasteiger partial charge in [-0.05, 0) is 49.6 Å². The van der Waals surface area contributed by atoms with E-state index in [1.807, 2.05) is 0 Å². The summed E-state index contributed by atoms with van der Waals surface area (Å²) in [6.07, 6.45) is 3.79. The average Bonchev–Trinajstić information content (AvgIpc) is 3.48. The Balaban J connectivity index is 1.33. The van der Waals surface area contributed by atoms with Gasteiger partial charge in [-0.3, -0.25) is 4.79 Å². The van der Waals surface area contributed by atoms with Gasteiger partial charge in [0.1, 0.15) is 34.3 Å². The molecule has 0 aliphatic carbocycles. The smallest absolute Gasteiger partial charge is 0.341 e. The number of aromatic nitrogens is 3. The monoisotopic (exact) mass is 519 g/mol. The van der Waals surface area contributed by atoms with Crippen molar-refractivity contribution in [1.82, 2.24) is 19.5 Å². The number of hydrogen-bond acceptors (Lipinski definition) is 6. The summed E-state index contributed by atoms with van der Waals surface area (Å²) < 4.78 is 34.4. The van der Waals surface area contributed by atoms with Gasteiger partial charge in [0.25, 0.3) is 5.91 Å². The van der Waals surface area contributed by atoms with Crippen molar-refractivity contribution < 1.29 is 28.2 Å². The van der Waals surface area contributed by atoms with Crippen LogP contribution in [0, 0.1) is 18.6 Å². The largest absolute Gasteiger partial charge is 0.492 e. The van der Waals surface area contributed by atoms with E-state index in [0.717, 1.165) is 5.56 Å². The number of carboxylic acids is 1. The molecule has 2 aliphatic heterocycles. The van der Waals surface area contributed by atoms with Gasteiger partial charge in [-0.2, -0.15) is 9.61 Å². The Morgan fingerprint density at radius 3 is 2.53 bits per heavy atom. The van der Waals surface area contributed by atoms with Crippen LogP contribution in [0.4, 0.5) is 20.3 Å². The van der Waals surface area contributed by atoms with Crippen molar-refractivity contribution in [3.63, 3.8) is 0 Å². The fourth-order valence-corrected chi connectivity index (χ4v) is 5.32. The van der Waals surface area contributed by atoms with Gasteiger partial charge in [0, 0.05) is 42.0 Å². The molecular weight excluding hydrogens is 496 g/mol. The summed E-state index contributed by atoms with van der Waals surface area (Å²) in [6.45, 7) is 3.02. The number of nitrogens with zero attached hydrogens (tertiary/aromatic N) is 4. The number of halogens is 2. The summed E-state index contributed by atoms with van der Waals surface area (Å²) in [5, 5.41) is 16.9. The molecule has 1 fully saturated rings. The molecule has 1 saturated heterocycles. The van der Waals surface area contributed by atoms with E-state index in [0.29, 0.717) is 49.5 Å². The van der Waals surface area contributed by atoms with Crippen LogP contribution in [0.25, 0.3) is 5.65 Å². The zero-order chi connectivity index (χ0) is 26.6. The Labute approximate surface area is 215 Å². The van der Waals surface area contributed by atoms with E-state index in [4.69, 9.17) is 4.74 Å². The molecule has 4 aromatic rings. The molecule has 0 radical (unpaired) electrons. The number of ether oxygens (including phenoxy) is 1. The third kappa shape index (κ3) is 3.82. The highest BCUT2D eigenvalue weighted by Crippen LogP contribution is 2.46. The molecule has 38 heavy (non-hydrogen) atoms. The lowest BCUT2D eigenvalue weighted by molar-refractivity contribution is 0.0645. The third-order valence-electron chi connectivity index (χ3n) is 7.46. The van der Waals surface area contributed by atoms with E-state index in [1.165, 1.54) is 47.2 Å². The number of carboxylic acid groups (broad SMARTS) is 1. The highest BCUT2D eigenvalue weighted by molar-refractivity contribution is 6.01. The molecule has 2 N–H and O–H groups in total. The molecule has 6 rings (SSSR count). The second-order valence-corrected chi connectivity index (χ2v) is 9.71. The van der Waals surface area contributed by atoms with Crippen molar-refractivity contribution in [3.05, 3.63) is 82.7 Å². The molecule has 2 aromatic heterocycles. The predicted molar refractivity (Wildman–Crippen MR) is 133 cm³/mol. The van der Waals surface area contributed by atoms with Crippen molar-refractivity contribution in [3.8, 4) is 5.75 Å². The number of carbonyl (C=O) groups is 2. The lowest BCUT2D eigenvalue weighted by Gasteiger charge is -2.38. The Morgan fingerprint density at radius 1 is 1.05 bits per heavy atom. The zero-order valence-electron chi connectivity index (χ0n) is 20.4. The molecule has 0 saturated carbocycles. The van der Waals surface area contributed by atoms with Crippen molar-refractivity contribution >= 4 is 29.0 Å². The molecular formula is C27H23F2N5O4. The number of fused-ring (bicyclic) bond motifs is 3. The fourth-order valence-electron chi connectivity index (χ4n) is 5.32. The lowest BCUT2D eigenvalue weighted by Crippen LogP contribution is -2.46. The molecule has 0 bridgehead atoms. The van der Waals surface area contributed by atoms with Crippen LogP contribution in [-0.4, -0.2) is 56.2 Å². The molecule has 0 atom stereocenters. The minimum atomic E-state index is -1.20. The first-order chi connectivity index (χ1) is 18.3. The molecule has 1 amide bonds. The Morgan fingerprint density at radius 2 is 1.79 bits per heavy atom. The van der Waals surface area contributed by atoms with E-state index >= 15 is 0 Å². The van der Waals surface area contributed by atoms with Crippen LogP contribution >= 0.6 is 0 Å². The number of nitrogens with one attached hydrogen (secondary N) is 1. The van der Waals surface area contributed by atoms with E-state index in [2.05, 4.69) is 15.4 Å². The summed E-state index contributed by atoms with van der Waals surface area (Å²) in [5.41, 5.74) is 1.95. The Kier molecular flexibility index (Phi) is 5.51. The Hall–Kier alpha value is -4.54. The van der Waals surface area contributed by atoms with Crippen molar-refractivity contribution in [2.24, 2.45) is 0 Å². The quantitative estimate of drug-likeness (QED) is 0.413. The van der Waals surface area contributed by atoms with Crippen LogP contribution < -0.4 is 10.1 Å². The molecule has 11 heteroatoms. The molecule has 194 valence electrons. The highest BCUT2D eigenvalue weighted by atomic mass is 19.1. The average molecular weight is 520 g/mol. The predicted octanol–water partition coefficient (Wildman–Crippen LogP) is 4.32. The van der Waals surface area contributed by atoms with Gasteiger partial charge >= 0.3 is 5.97 Å². The number of likely N-dealkylation sites (tertiary alicyclic amines) is 1. The summed E-state index contributed by atoms with van der Waals surface area (Å²) >= 11 is 0. The maximum atomic E-state index is 13.8. The first-order valence-electron chi connectivity index (χ1n) is 12.1. The molecule has 2 aromatic carbocycles. The maximum Gasteiger partial charge on any atom is 0.341 e. The lowest BCUT2D eigenvalue weighted by atomic mass is 9.74. The maximum absolute atomic E-state index is 13.8. The van der Waals surface area contributed by atoms with Crippen molar-refractivity contribution in [2.45, 2.75) is 25.2 Å². The second-order valence-electron chi connectivity index (χ2n) is 9.71. The van der Waals surface area contributed by atoms with E-state index in [1.54, 1.807) is 17.9 Å².